The summed E-state index contributed by atoms with van der Waals surface area (Å²) in [5.41, 5.74) is 11.9. The molecule has 0 unspecified atom stereocenters. The Balaban J connectivity index is 1.90. The quantitative estimate of drug-likeness (QED) is 0.682. The van der Waals surface area contributed by atoms with E-state index in [9.17, 15) is 0 Å². The molecule has 2 aromatic heterocycles. The van der Waals surface area contributed by atoms with Gasteiger partial charge in [0.1, 0.15) is 5.82 Å². The highest BCUT2D eigenvalue weighted by Crippen LogP contribution is 2.03. The molecule has 2 rings (SSSR count). The molecule has 0 spiro atoms. The van der Waals surface area contributed by atoms with Crippen LogP contribution in [0.5, 0.6) is 0 Å². The Morgan fingerprint density at radius 2 is 1.88 bits per heavy atom. The molecular formula is C10H13N7. The predicted molar refractivity (Wildman–Crippen MR) is 65.1 cm³/mol. The third-order valence-corrected chi connectivity index (χ3v) is 2.06. The van der Waals surface area contributed by atoms with Crippen molar-refractivity contribution in [3.05, 3.63) is 30.4 Å². The molecule has 0 amide bonds. The van der Waals surface area contributed by atoms with Crippen LogP contribution in [0, 0.1) is 0 Å². The first-order valence-corrected chi connectivity index (χ1v) is 5.14. The lowest BCUT2D eigenvalue weighted by Gasteiger charge is -2.05. The molecule has 7 heteroatoms. The Labute approximate surface area is 98.3 Å². The normalized spacial score (nSPS) is 10.1. The highest BCUT2D eigenvalue weighted by atomic mass is 15.1. The molecular weight excluding hydrogens is 218 g/mol. The second kappa shape index (κ2) is 5.06. The number of rotatable bonds is 4. The van der Waals surface area contributed by atoms with E-state index in [2.05, 4.69) is 25.3 Å². The molecule has 0 radical (unpaired) electrons. The van der Waals surface area contributed by atoms with Crippen LogP contribution in [-0.2, 0) is 6.42 Å². The van der Waals surface area contributed by atoms with E-state index in [4.69, 9.17) is 11.5 Å². The van der Waals surface area contributed by atoms with Gasteiger partial charge in [-0.05, 0) is 12.1 Å². The van der Waals surface area contributed by atoms with E-state index in [-0.39, 0.29) is 11.9 Å². The largest absolute Gasteiger partial charge is 0.383 e. The zero-order valence-corrected chi connectivity index (χ0v) is 9.17. The van der Waals surface area contributed by atoms with Gasteiger partial charge in [0.2, 0.25) is 11.9 Å². The van der Waals surface area contributed by atoms with Crippen LogP contribution >= 0.6 is 0 Å². The Kier molecular flexibility index (Phi) is 3.29. The maximum atomic E-state index is 5.47. The second-order valence-corrected chi connectivity index (χ2v) is 3.39. The highest BCUT2D eigenvalue weighted by Gasteiger charge is 2.01. The molecule has 17 heavy (non-hydrogen) atoms. The summed E-state index contributed by atoms with van der Waals surface area (Å²) in [6.45, 7) is 0.675. The van der Waals surface area contributed by atoms with Gasteiger partial charge in [0.05, 0.1) is 5.69 Å². The number of nitrogen functional groups attached to an aromatic ring is 2. The molecule has 0 saturated carbocycles. The standard InChI is InChI=1S/C10H13N7/c11-9-15-8(16-10(12)17-9)3-5-14-7-2-1-4-13-6-7/h1-2,4,6,14H,3,5H2,(H4,11,12,15,16,17). The van der Waals surface area contributed by atoms with Crippen molar-refractivity contribution >= 4 is 17.6 Å². The minimum atomic E-state index is 0.147. The maximum Gasteiger partial charge on any atom is 0.225 e. The van der Waals surface area contributed by atoms with Gasteiger partial charge in [-0.2, -0.15) is 15.0 Å². The summed E-state index contributed by atoms with van der Waals surface area (Å²) in [4.78, 5) is 15.7. The maximum absolute atomic E-state index is 5.47. The fourth-order valence-corrected chi connectivity index (χ4v) is 1.35. The van der Waals surface area contributed by atoms with E-state index in [1.165, 1.54) is 0 Å². The van der Waals surface area contributed by atoms with Crippen molar-refractivity contribution in [2.75, 3.05) is 23.3 Å². The van der Waals surface area contributed by atoms with Gasteiger partial charge in [-0.1, -0.05) is 0 Å². The number of anilines is 3. The summed E-state index contributed by atoms with van der Waals surface area (Å²) in [5, 5.41) is 3.19. The van der Waals surface area contributed by atoms with Gasteiger partial charge < -0.3 is 16.8 Å². The van der Waals surface area contributed by atoms with Crippen LogP contribution in [0.2, 0.25) is 0 Å². The third-order valence-electron chi connectivity index (χ3n) is 2.06. The van der Waals surface area contributed by atoms with Crippen LogP contribution < -0.4 is 16.8 Å². The lowest BCUT2D eigenvalue weighted by Crippen LogP contribution is -2.11. The summed E-state index contributed by atoms with van der Waals surface area (Å²) >= 11 is 0. The van der Waals surface area contributed by atoms with Gasteiger partial charge in [0.25, 0.3) is 0 Å². The van der Waals surface area contributed by atoms with Crippen molar-refractivity contribution < 1.29 is 0 Å². The number of hydrogen-bond acceptors (Lipinski definition) is 7. The first-order valence-electron chi connectivity index (χ1n) is 5.14. The van der Waals surface area contributed by atoms with Gasteiger partial charge in [-0.25, -0.2) is 0 Å². The molecule has 2 aromatic rings. The SMILES string of the molecule is Nc1nc(N)nc(CCNc2cccnc2)n1. The van der Waals surface area contributed by atoms with Gasteiger partial charge in [-0.15, -0.1) is 0 Å². The van der Waals surface area contributed by atoms with Gasteiger partial charge in [0.15, 0.2) is 0 Å². The number of pyridine rings is 1. The highest BCUT2D eigenvalue weighted by molar-refractivity contribution is 5.39. The van der Waals surface area contributed by atoms with Crippen molar-refractivity contribution in [2.45, 2.75) is 6.42 Å². The van der Waals surface area contributed by atoms with E-state index in [1.807, 2.05) is 12.1 Å². The molecule has 0 aromatic carbocycles. The molecule has 0 bridgehead atoms. The number of aromatic nitrogens is 4. The Bertz CT molecular complexity index is 465. The van der Waals surface area contributed by atoms with Crippen LogP contribution in [-0.4, -0.2) is 26.5 Å². The molecule has 0 saturated heterocycles. The first-order chi connectivity index (χ1) is 8.24. The van der Waals surface area contributed by atoms with Crippen LogP contribution in [0.15, 0.2) is 24.5 Å². The van der Waals surface area contributed by atoms with Crippen molar-refractivity contribution in [1.82, 2.24) is 19.9 Å². The fourth-order valence-electron chi connectivity index (χ4n) is 1.35. The zero-order chi connectivity index (χ0) is 12.1. The number of hydrogen-bond donors (Lipinski definition) is 3. The number of nitrogens with zero attached hydrogens (tertiary/aromatic N) is 4. The monoisotopic (exact) mass is 231 g/mol. The molecule has 0 aliphatic heterocycles. The molecule has 0 aliphatic carbocycles. The van der Waals surface area contributed by atoms with Crippen molar-refractivity contribution in [2.24, 2.45) is 0 Å². The lowest BCUT2D eigenvalue weighted by atomic mass is 10.3. The van der Waals surface area contributed by atoms with Gasteiger partial charge >= 0.3 is 0 Å². The van der Waals surface area contributed by atoms with E-state index >= 15 is 0 Å². The predicted octanol–water partition coefficient (Wildman–Crippen LogP) is 0.0856. The molecule has 5 N–H and O–H groups in total. The summed E-state index contributed by atoms with van der Waals surface area (Å²) in [5.74, 6) is 0.870. The van der Waals surface area contributed by atoms with Crippen LogP contribution in [0.4, 0.5) is 17.6 Å². The minimum Gasteiger partial charge on any atom is -0.383 e. The molecule has 0 fully saturated rings. The minimum absolute atomic E-state index is 0.147. The van der Waals surface area contributed by atoms with Crippen LogP contribution in [0.25, 0.3) is 0 Å². The Morgan fingerprint density at radius 3 is 2.53 bits per heavy atom. The first kappa shape index (κ1) is 11.1. The van der Waals surface area contributed by atoms with Crippen molar-refractivity contribution in [3.8, 4) is 0 Å². The Hall–Kier alpha value is -2.44. The lowest BCUT2D eigenvalue weighted by molar-refractivity contribution is 0.878. The summed E-state index contributed by atoms with van der Waals surface area (Å²) < 4.78 is 0. The van der Waals surface area contributed by atoms with E-state index in [0.717, 1.165) is 5.69 Å². The van der Waals surface area contributed by atoms with Gasteiger partial charge in [0, 0.05) is 25.4 Å². The topological polar surface area (TPSA) is 116 Å². The summed E-state index contributed by atoms with van der Waals surface area (Å²) in [6, 6.07) is 3.80. The van der Waals surface area contributed by atoms with Crippen molar-refractivity contribution in [3.63, 3.8) is 0 Å². The van der Waals surface area contributed by atoms with Gasteiger partial charge in [-0.3, -0.25) is 4.98 Å². The summed E-state index contributed by atoms with van der Waals surface area (Å²) in [6.07, 6.45) is 4.08. The smallest absolute Gasteiger partial charge is 0.225 e. The van der Waals surface area contributed by atoms with E-state index in [1.54, 1.807) is 12.4 Å². The zero-order valence-electron chi connectivity index (χ0n) is 9.17. The van der Waals surface area contributed by atoms with Crippen LogP contribution in [0.1, 0.15) is 5.82 Å². The second-order valence-electron chi connectivity index (χ2n) is 3.39. The van der Waals surface area contributed by atoms with E-state index < -0.39 is 0 Å². The molecule has 0 atom stereocenters. The Morgan fingerprint density at radius 1 is 1.12 bits per heavy atom. The van der Waals surface area contributed by atoms with Crippen LogP contribution in [0.3, 0.4) is 0 Å². The summed E-state index contributed by atoms with van der Waals surface area (Å²) in [7, 11) is 0. The van der Waals surface area contributed by atoms with E-state index in [0.29, 0.717) is 18.8 Å². The molecule has 88 valence electrons. The molecule has 2 heterocycles. The fraction of sp³-hybridized carbons (Fsp3) is 0.200. The third kappa shape index (κ3) is 3.26. The average Bonchev–Trinajstić information content (AvgIpc) is 2.29. The average molecular weight is 231 g/mol. The number of nitrogens with one attached hydrogen (secondary N) is 1. The molecule has 0 aliphatic rings. The van der Waals surface area contributed by atoms with Crippen molar-refractivity contribution in [1.29, 1.82) is 0 Å². The number of nitrogens with two attached hydrogens (primary N) is 2. The molecule has 7 nitrogen and oxygen atoms in total.